The molecule has 2 rings (SSSR count). The number of carboxylic acid groups (broad SMARTS) is 1. The molecule has 1 aliphatic heterocycles. The highest BCUT2D eigenvalue weighted by Crippen LogP contribution is 2.34. The van der Waals surface area contributed by atoms with Crippen LogP contribution >= 0.6 is 0 Å². The predicted octanol–water partition coefficient (Wildman–Crippen LogP) is 2.96. The molecule has 1 aromatic carbocycles. The Morgan fingerprint density at radius 1 is 1.53 bits per heavy atom. The maximum Gasteiger partial charge on any atom is 0.324 e. The first kappa shape index (κ1) is 14.0. The number of halogens is 1. The summed E-state index contributed by atoms with van der Waals surface area (Å²) in [5, 5.41) is 9.50. The summed E-state index contributed by atoms with van der Waals surface area (Å²) in [4.78, 5) is 13.5. The van der Waals surface area contributed by atoms with Gasteiger partial charge in [-0.1, -0.05) is 19.1 Å². The number of rotatable bonds is 4. The van der Waals surface area contributed by atoms with Gasteiger partial charge in [-0.05, 0) is 49.9 Å². The van der Waals surface area contributed by atoms with Crippen molar-refractivity contribution < 1.29 is 14.3 Å². The second-order valence-electron chi connectivity index (χ2n) is 5.30. The summed E-state index contributed by atoms with van der Waals surface area (Å²) in [6.45, 7) is 4.89. The zero-order chi connectivity index (χ0) is 14.0. The van der Waals surface area contributed by atoms with Crippen LogP contribution in [0.1, 0.15) is 37.3 Å². The quantitative estimate of drug-likeness (QED) is 0.910. The zero-order valence-corrected chi connectivity index (χ0v) is 11.4. The third kappa shape index (κ3) is 2.50. The van der Waals surface area contributed by atoms with Crippen LogP contribution in [-0.2, 0) is 11.3 Å². The SMILES string of the molecule is CCC1(C(=O)O)CCCN1Cc1ccc(C)c(F)c1. The van der Waals surface area contributed by atoms with Crippen LogP contribution in [0.4, 0.5) is 4.39 Å². The fourth-order valence-corrected chi connectivity index (χ4v) is 2.91. The number of carbonyl (C=O) groups is 1. The zero-order valence-electron chi connectivity index (χ0n) is 11.4. The molecule has 104 valence electrons. The summed E-state index contributed by atoms with van der Waals surface area (Å²) in [7, 11) is 0. The minimum Gasteiger partial charge on any atom is -0.480 e. The lowest BCUT2D eigenvalue weighted by Gasteiger charge is -2.33. The Bertz CT molecular complexity index is 489. The van der Waals surface area contributed by atoms with E-state index in [1.165, 1.54) is 6.07 Å². The number of carboxylic acids is 1. The van der Waals surface area contributed by atoms with Crippen LogP contribution in [0, 0.1) is 12.7 Å². The molecule has 1 aromatic rings. The van der Waals surface area contributed by atoms with Crippen LogP contribution in [0.25, 0.3) is 0 Å². The molecule has 1 unspecified atom stereocenters. The molecule has 1 saturated heterocycles. The molecule has 1 atom stereocenters. The van der Waals surface area contributed by atoms with Gasteiger partial charge in [-0.3, -0.25) is 9.69 Å². The molecular weight excluding hydrogens is 245 g/mol. The molecule has 19 heavy (non-hydrogen) atoms. The van der Waals surface area contributed by atoms with Gasteiger partial charge < -0.3 is 5.11 Å². The fraction of sp³-hybridized carbons (Fsp3) is 0.533. The molecule has 0 bridgehead atoms. The molecule has 1 heterocycles. The van der Waals surface area contributed by atoms with Crippen LogP contribution < -0.4 is 0 Å². The lowest BCUT2D eigenvalue weighted by Crippen LogP contribution is -2.49. The molecule has 0 amide bonds. The van der Waals surface area contributed by atoms with Crippen molar-refractivity contribution in [3.63, 3.8) is 0 Å². The van der Waals surface area contributed by atoms with E-state index in [0.29, 0.717) is 24.9 Å². The minimum absolute atomic E-state index is 0.228. The van der Waals surface area contributed by atoms with Crippen molar-refractivity contribution in [3.8, 4) is 0 Å². The van der Waals surface area contributed by atoms with E-state index in [4.69, 9.17) is 0 Å². The van der Waals surface area contributed by atoms with Gasteiger partial charge in [0.2, 0.25) is 0 Å². The molecule has 0 aromatic heterocycles. The maximum atomic E-state index is 13.6. The molecule has 4 heteroatoms. The van der Waals surface area contributed by atoms with Gasteiger partial charge >= 0.3 is 5.97 Å². The average Bonchev–Trinajstić information content (AvgIpc) is 2.78. The van der Waals surface area contributed by atoms with E-state index in [1.54, 1.807) is 13.0 Å². The molecule has 0 radical (unpaired) electrons. The number of aryl methyl sites for hydroxylation is 1. The summed E-state index contributed by atoms with van der Waals surface area (Å²) in [5.74, 6) is -0.991. The summed E-state index contributed by atoms with van der Waals surface area (Å²) >= 11 is 0. The van der Waals surface area contributed by atoms with E-state index < -0.39 is 11.5 Å². The smallest absolute Gasteiger partial charge is 0.324 e. The normalized spacial score (nSPS) is 23.7. The van der Waals surface area contributed by atoms with E-state index >= 15 is 0 Å². The number of aliphatic carboxylic acids is 1. The van der Waals surface area contributed by atoms with Crippen molar-refractivity contribution >= 4 is 5.97 Å². The largest absolute Gasteiger partial charge is 0.480 e. The van der Waals surface area contributed by atoms with Gasteiger partial charge in [0.05, 0.1) is 0 Å². The summed E-state index contributed by atoms with van der Waals surface area (Å²) in [6, 6.07) is 5.13. The topological polar surface area (TPSA) is 40.5 Å². The van der Waals surface area contributed by atoms with Crippen LogP contribution in [-0.4, -0.2) is 28.1 Å². The standard InChI is InChI=1S/C15H20FNO2/c1-3-15(14(18)19)7-4-8-17(15)10-12-6-5-11(2)13(16)9-12/h5-6,9H,3-4,7-8,10H2,1-2H3,(H,18,19). The first-order valence-electron chi connectivity index (χ1n) is 6.73. The first-order chi connectivity index (χ1) is 8.99. The second kappa shape index (κ2) is 5.29. The highest BCUT2D eigenvalue weighted by Gasteiger charge is 2.45. The van der Waals surface area contributed by atoms with E-state index in [9.17, 15) is 14.3 Å². The highest BCUT2D eigenvalue weighted by molar-refractivity contribution is 5.79. The van der Waals surface area contributed by atoms with Crippen molar-refractivity contribution in [2.75, 3.05) is 6.54 Å². The van der Waals surface area contributed by atoms with Crippen LogP contribution in [0.15, 0.2) is 18.2 Å². The van der Waals surface area contributed by atoms with Crippen molar-refractivity contribution in [1.29, 1.82) is 0 Å². The van der Waals surface area contributed by atoms with Crippen LogP contribution in [0.5, 0.6) is 0 Å². The lowest BCUT2D eigenvalue weighted by molar-refractivity contribution is -0.150. The lowest BCUT2D eigenvalue weighted by atomic mass is 9.92. The minimum atomic E-state index is -0.776. The molecule has 0 saturated carbocycles. The summed E-state index contributed by atoms with van der Waals surface area (Å²) in [5.41, 5.74) is 0.677. The molecule has 1 fully saturated rings. The monoisotopic (exact) mass is 265 g/mol. The van der Waals surface area contributed by atoms with Crippen LogP contribution in [0.2, 0.25) is 0 Å². The number of benzene rings is 1. The first-order valence-corrected chi connectivity index (χ1v) is 6.73. The van der Waals surface area contributed by atoms with Gasteiger partial charge in [0.25, 0.3) is 0 Å². The Morgan fingerprint density at radius 3 is 2.84 bits per heavy atom. The average molecular weight is 265 g/mol. The Kier molecular flexibility index (Phi) is 3.90. The molecule has 0 spiro atoms. The Balaban J connectivity index is 2.21. The van der Waals surface area contributed by atoms with E-state index in [1.807, 2.05) is 17.9 Å². The number of likely N-dealkylation sites (tertiary alicyclic amines) is 1. The number of nitrogens with zero attached hydrogens (tertiary/aromatic N) is 1. The molecular formula is C15H20FNO2. The predicted molar refractivity (Wildman–Crippen MR) is 71.4 cm³/mol. The third-order valence-electron chi connectivity index (χ3n) is 4.22. The molecule has 1 N–H and O–H groups in total. The summed E-state index contributed by atoms with van der Waals surface area (Å²) < 4.78 is 13.6. The second-order valence-corrected chi connectivity index (χ2v) is 5.30. The van der Waals surface area contributed by atoms with E-state index in [2.05, 4.69) is 0 Å². The van der Waals surface area contributed by atoms with E-state index in [0.717, 1.165) is 18.5 Å². The van der Waals surface area contributed by atoms with Crippen molar-refractivity contribution in [1.82, 2.24) is 4.90 Å². The van der Waals surface area contributed by atoms with Gasteiger partial charge in [-0.15, -0.1) is 0 Å². The maximum absolute atomic E-state index is 13.6. The molecule has 0 aliphatic carbocycles. The highest BCUT2D eigenvalue weighted by atomic mass is 19.1. The van der Waals surface area contributed by atoms with Gasteiger partial charge in [0.15, 0.2) is 0 Å². The number of hydrogen-bond acceptors (Lipinski definition) is 2. The third-order valence-corrected chi connectivity index (χ3v) is 4.22. The molecule has 1 aliphatic rings. The Morgan fingerprint density at radius 2 is 2.26 bits per heavy atom. The Labute approximate surface area is 113 Å². The van der Waals surface area contributed by atoms with Gasteiger partial charge in [-0.2, -0.15) is 0 Å². The van der Waals surface area contributed by atoms with Crippen LogP contribution in [0.3, 0.4) is 0 Å². The number of hydrogen-bond donors (Lipinski definition) is 1. The fourth-order valence-electron chi connectivity index (χ4n) is 2.91. The Hall–Kier alpha value is -1.42. The van der Waals surface area contributed by atoms with Crippen molar-refractivity contribution in [2.45, 2.75) is 45.2 Å². The van der Waals surface area contributed by atoms with Crippen molar-refractivity contribution in [3.05, 3.63) is 35.1 Å². The summed E-state index contributed by atoms with van der Waals surface area (Å²) in [6.07, 6.45) is 2.14. The van der Waals surface area contributed by atoms with Gasteiger partial charge in [0.1, 0.15) is 11.4 Å². The molecule has 3 nitrogen and oxygen atoms in total. The van der Waals surface area contributed by atoms with E-state index in [-0.39, 0.29) is 5.82 Å². The van der Waals surface area contributed by atoms with Crippen molar-refractivity contribution in [2.24, 2.45) is 0 Å². The van der Waals surface area contributed by atoms with Gasteiger partial charge in [0, 0.05) is 6.54 Å². The van der Waals surface area contributed by atoms with Gasteiger partial charge in [-0.25, -0.2) is 4.39 Å².